The van der Waals surface area contributed by atoms with E-state index in [9.17, 15) is 4.79 Å². The van der Waals surface area contributed by atoms with E-state index in [4.69, 9.17) is 16.2 Å². The Balaban J connectivity index is 1.60. The molecule has 1 aliphatic rings. The molecule has 0 saturated heterocycles. The fourth-order valence-corrected chi connectivity index (χ4v) is 4.26. The normalized spacial score (nSPS) is 17.7. The zero-order valence-corrected chi connectivity index (χ0v) is 19.5. The first-order valence-electron chi connectivity index (χ1n) is 11.5. The van der Waals surface area contributed by atoms with Crippen LogP contribution in [0.2, 0.25) is 0 Å². The van der Waals surface area contributed by atoms with Crippen LogP contribution < -0.4 is 26.8 Å². The van der Waals surface area contributed by atoms with Crippen LogP contribution in [0.5, 0.6) is 5.75 Å². The molecule has 1 heterocycles. The lowest BCUT2D eigenvalue weighted by molar-refractivity contribution is 0.0941. The van der Waals surface area contributed by atoms with Gasteiger partial charge in [-0.05, 0) is 49.6 Å². The highest BCUT2D eigenvalue weighted by Crippen LogP contribution is 2.28. The molecule has 3 aromatic rings. The van der Waals surface area contributed by atoms with Crippen molar-refractivity contribution in [3.63, 3.8) is 0 Å². The SMILES string of the molecule is COc1ccc(CNC(=O)c2nc(NC3CCCCC3N=C(N)N)c3cc(C)ccc3n2)cc1. The molecular formula is C25H31N7O2. The minimum absolute atomic E-state index is 0.0182. The van der Waals surface area contributed by atoms with E-state index in [1.54, 1.807) is 7.11 Å². The number of ether oxygens (including phenoxy) is 1. The van der Waals surface area contributed by atoms with Gasteiger partial charge in [-0.3, -0.25) is 4.79 Å². The number of benzene rings is 2. The predicted molar refractivity (Wildman–Crippen MR) is 134 cm³/mol. The van der Waals surface area contributed by atoms with Gasteiger partial charge in [0.2, 0.25) is 5.82 Å². The number of aromatic nitrogens is 2. The molecule has 6 N–H and O–H groups in total. The van der Waals surface area contributed by atoms with Crippen LogP contribution in [0.15, 0.2) is 47.5 Å². The fraction of sp³-hybridized carbons (Fsp3) is 0.360. The zero-order valence-electron chi connectivity index (χ0n) is 19.5. The lowest BCUT2D eigenvalue weighted by atomic mass is 9.90. The minimum Gasteiger partial charge on any atom is -0.497 e. The van der Waals surface area contributed by atoms with Gasteiger partial charge in [-0.1, -0.05) is 36.6 Å². The van der Waals surface area contributed by atoms with Gasteiger partial charge in [-0.2, -0.15) is 0 Å². The first-order valence-corrected chi connectivity index (χ1v) is 11.5. The minimum atomic E-state index is -0.342. The smallest absolute Gasteiger partial charge is 0.289 e. The molecule has 1 aliphatic carbocycles. The molecule has 2 atom stereocenters. The van der Waals surface area contributed by atoms with Gasteiger partial charge in [-0.15, -0.1) is 0 Å². The number of amides is 1. The number of carbonyl (C=O) groups is 1. The number of fused-ring (bicyclic) bond motifs is 1. The summed E-state index contributed by atoms with van der Waals surface area (Å²) in [6.45, 7) is 2.37. The van der Waals surface area contributed by atoms with Crippen molar-refractivity contribution in [2.75, 3.05) is 12.4 Å². The summed E-state index contributed by atoms with van der Waals surface area (Å²) in [4.78, 5) is 26.5. The topological polar surface area (TPSA) is 141 Å². The van der Waals surface area contributed by atoms with Crippen molar-refractivity contribution in [2.24, 2.45) is 16.5 Å². The Morgan fingerprint density at radius 2 is 1.88 bits per heavy atom. The van der Waals surface area contributed by atoms with E-state index in [1.165, 1.54) is 0 Å². The van der Waals surface area contributed by atoms with Gasteiger partial charge < -0.3 is 26.8 Å². The van der Waals surface area contributed by atoms with Gasteiger partial charge >= 0.3 is 0 Å². The van der Waals surface area contributed by atoms with Gasteiger partial charge in [0, 0.05) is 11.9 Å². The van der Waals surface area contributed by atoms with Crippen molar-refractivity contribution >= 4 is 28.6 Å². The van der Waals surface area contributed by atoms with Gasteiger partial charge in [0.05, 0.1) is 24.7 Å². The monoisotopic (exact) mass is 461 g/mol. The highest BCUT2D eigenvalue weighted by Gasteiger charge is 2.26. The number of nitrogens with one attached hydrogen (secondary N) is 2. The molecule has 34 heavy (non-hydrogen) atoms. The summed E-state index contributed by atoms with van der Waals surface area (Å²) in [5, 5.41) is 7.29. The van der Waals surface area contributed by atoms with Gasteiger partial charge in [0.15, 0.2) is 5.96 Å². The van der Waals surface area contributed by atoms with E-state index in [0.29, 0.717) is 17.9 Å². The van der Waals surface area contributed by atoms with Crippen LogP contribution in [0, 0.1) is 6.92 Å². The quantitative estimate of drug-likeness (QED) is 0.313. The second kappa shape index (κ2) is 10.4. The number of anilines is 1. The third kappa shape index (κ3) is 5.54. The third-order valence-corrected chi connectivity index (χ3v) is 6.03. The maximum atomic E-state index is 13.0. The number of hydrogen-bond acceptors (Lipinski definition) is 6. The number of carbonyl (C=O) groups excluding carboxylic acids is 1. The maximum Gasteiger partial charge on any atom is 0.289 e. The standard InChI is InChI=1S/C25H31N7O2/c1-15-7-12-19-18(13-15)22(30-20-5-3-4-6-21(20)31-25(26)27)32-23(29-19)24(33)28-14-16-8-10-17(34-2)11-9-16/h7-13,20-21H,3-6,14H2,1-2H3,(H,28,33)(H4,26,27,31)(H,29,30,32). The van der Waals surface area contributed by atoms with Gasteiger partial charge in [0.1, 0.15) is 11.6 Å². The molecule has 2 unspecified atom stereocenters. The first-order chi connectivity index (χ1) is 16.4. The van der Waals surface area contributed by atoms with Crippen LogP contribution in [0.4, 0.5) is 5.82 Å². The highest BCUT2D eigenvalue weighted by molar-refractivity contribution is 5.96. The summed E-state index contributed by atoms with van der Waals surface area (Å²) in [5.41, 5.74) is 14.1. The number of guanidine groups is 1. The largest absolute Gasteiger partial charge is 0.497 e. The van der Waals surface area contributed by atoms with E-state index >= 15 is 0 Å². The Kier molecular flexibility index (Phi) is 7.10. The average Bonchev–Trinajstić information content (AvgIpc) is 2.84. The van der Waals surface area contributed by atoms with Crippen LogP contribution in [0.1, 0.15) is 47.4 Å². The molecule has 0 spiro atoms. The van der Waals surface area contributed by atoms with Crippen molar-refractivity contribution in [3.05, 3.63) is 59.4 Å². The molecule has 1 aromatic heterocycles. The van der Waals surface area contributed by atoms with Crippen LogP contribution >= 0.6 is 0 Å². The van der Waals surface area contributed by atoms with Crippen LogP contribution in [-0.4, -0.2) is 41.0 Å². The summed E-state index contributed by atoms with van der Waals surface area (Å²) in [5.74, 6) is 1.24. The summed E-state index contributed by atoms with van der Waals surface area (Å²) in [6.07, 6.45) is 3.96. The Morgan fingerprint density at radius 1 is 1.12 bits per heavy atom. The Labute approximate surface area is 199 Å². The number of aliphatic imine (C=N–C) groups is 1. The van der Waals surface area contributed by atoms with Crippen LogP contribution in [-0.2, 0) is 6.54 Å². The molecule has 1 saturated carbocycles. The van der Waals surface area contributed by atoms with Gasteiger partial charge in [-0.25, -0.2) is 15.0 Å². The number of rotatable bonds is 7. The van der Waals surface area contributed by atoms with E-state index in [1.807, 2.05) is 49.4 Å². The molecule has 2 aromatic carbocycles. The number of nitrogens with two attached hydrogens (primary N) is 2. The lowest BCUT2D eigenvalue weighted by Crippen LogP contribution is -2.38. The fourth-order valence-electron chi connectivity index (χ4n) is 4.26. The van der Waals surface area contributed by atoms with Crippen molar-refractivity contribution in [3.8, 4) is 5.75 Å². The van der Waals surface area contributed by atoms with Crippen LogP contribution in [0.3, 0.4) is 0 Å². The van der Waals surface area contributed by atoms with E-state index in [0.717, 1.165) is 47.9 Å². The molecule has 1 amide bonds. The zero-order chi connectivity index (χ0) is 24.1. The predicted octanol–water partition coefficient (Wildman–Crippen LogP) is 2.87. The average molecular weight is 462 g/mol. The number of aryl methyl sites for hydroxylation is 1. The number of methoxy groups -OCH3 is 1. The molecule has 0 aliphatic heterocycles. The summed E-state index contributed by atoms with van der Waals surface area (Å²) >= 11 is 0. The van der Waals surface area contributed by atoms with Crippen molar-refractivity contribution in [1.29, 1.82) is 0 Å². The van der Waals surface area contributed by atoms with E-state index < -0.39 is 0 Å². The lowest BCUT2D eigenvalue weighted by Gasteiger charge is -2.30. The first kappa shape index (κ1) is 23.3. The molecule has 0 radical (unpaired) electrons. The summed E-state index contributed by atoms with van der Waals surface area (Å²) in [6, 6.07) is 13.4. The molecule has 0 bridgehead atoms. The molecular weight excluding hydrogens is 430 g/mol. The summed E-state index contributed by atoms with van der Waals surface area (Å²) < 4.78 is 5.18. The van der Waals surface area contributed by atoms with Gasteiger partial charge in [0.25, 0.3) is 5.91 Å². The van der Waals surface area contributed by atoms with Crippen molar-refractivity contribution in [2.45, 2.75) is 51.2 Å². The maximum absolute atomic E-state index is 13.0. The molecule has 9 heteroatoms. The van der Waals surface area contributed by atoms with Crippen molar-refractivity contribution in [1.82, 2.24) is 15.3 Å². The van der Waals surface area contributed by atoms with E-state index in [2.05, 4.69) is 25.6 Å². The second-order valence-electron chi connectivity index (χ2n) is 8.60. The molecule has 4 rings (SSSR count). The Morgan fingerprint density at radius 3 is 2.62 bits per heavy atom. The molecule has 9 nitrogen and oxygen atoms in total. The third-order valence-electron chi connectivity index (χ3n) is 6.03. The van der Waals surface area contributed by atoms with E-state index in [-0.39, 0.29) is 29.8 Å². The Hall–Kier alpha value is -3.88. The Bertz CT molecular complexity index is 1190. The number of hydrogen-bond donors (Lipinski definition) is 4. The highest BCUT2D eigenvalue weighted by atomic mass is 16.5. The molecule has 1 fully saturated rings. The molecule has 178 valence electrons. The second-order valence-corrected chi connectivity index (χ2v) is 8.60. The van der Waals surface area contributed by atoms with Crippen LogP contribution in [0.25, 0.3) is 10.9 Å². The number of nitrogens with zero attached hydrogens (tertiary/aromatic N) is 3. The summed E-state index contributed by atoms with van der Waals surface area (Å²) in [7, 11) is 1.62. The van der Waals surface area contributed by atoms with Crippen molar-refractivity contribution < 1.29 is 9.53 Å².